The van der Waals surface area contributed by atoms with Crippen molar-refractivity contribution in [1.29, 1.82) is 0 Å². The molecule has 1 aliphatic rings. The largest absolute Gasteiger partial charge is 0.381 e. The van der Waals surface area contributed by atoms with Gasteiger partial charge < -0.3 is 10.1 Å². The van der Waals surface area contributed by atoms with Gasteiger partial charge in [-0.25, -0.2) is 17.8 Å². The first kappa shape index (κ1) is 24.6. The SMILES string of the molecule is Cc1cc(F)ccc1NS(=O)(=O)c1cc(-c2sc(NC(C)C3CCOCC3)nc2C)cnc1C. The Balaban J connectivity index is 1.59. The van der Waals surface area contributed by atoms with Crippen molar-refractivity contribution in [2.75, 3.05) is 23.3 Å². The fourth-order valence-corrected chi connectivity index (χ4v) is 6.50. The predicted molar refractivity (Wildman–Crippen MR) is 133 cm³/mol. The van der Waals surface area contributed by atoms with Crippen LogP contribution in [-0.2, 0) is 14.8 Å². The molecule has 1 fully saturated rings. The van der Waals surface area contributed by atoms with Gasteiger partial charge in [-0.05, 0) is 76.3 Å². The number of rotatable bonds is 7. The number of hydrogen-bond donors (Lipinski definition) is 2. The molecule has 34 heavy (non-hydrogen) atoms. The summed E-state index contributed by atoms with van der Waals surface area (Å²) in [6.45, 7) is 8.95. The third-order valence-corrected chi connectivity index (χ3v) is 8.76. The van der Waals surface area contributed by atoms with Gasteiger partial charge in [0.15, 0.2) is 5.13 Å². The Hall–Kier alpha value is -2.56. The van der Waals surface area contributed by atoms with Crippen molar-refractivity contribution in [3.63, 3.8) is 0 Å². The summed E-state index contributed by atoms with van der Waals surface area (Å²) in [5.74, 6) is 0.108. The first-order chi connectivity index (χ1) is 16.1. The number of nitrogens with one attached hydrogen (secondary N) is 2. The molecule has 0 amide bonds. The maximum Gasteiger partial charge on any atom is 0.263 e. The summed E-state index contributed by atoms with van der Waals surface area (Å²) in [4.78, 5) is 9.96. The number of pyridine rings is 1. The molecule has 1 aliphatic heterocycles. The molecule has 0 aliphatic carbocycles. The number of benzene rings is 1. The molecule has 1 atom stereocenters. The minimum absolute atomic E-state index is 0.0756. The van der Waals surface area contributed by atoms with Crippen molar-refractivity contribution in [2.45, 2.75) is 51.5 Å². The monoisotopic (exact) mass is 504 g/mol. The van der Waals surface area contributed by atoms with E-state index in [9.17, 15) is 12.8 Å². The minimum Gasteiger partial charge on any atom is -0.381 e. The van der Waals surface area contributed by atoms with Crippen molar-refractivity contribution >= 4 is 32.2 Å². The van der Waals surface area contributed by atoms with E-state index in [1.165, 1.54) is 29.5 Å². The molecule has 2 aromatic heterocycles. The van der Waals surface area contributed by atoms with Crippen LogP contribution in [-0.4, -0.2) is 37.6 Å². The molecule has 4 rings (SSSR count). The highest BCUT2D eigenvalue weighted by molar-refractivity contribution is 7.92. The second kappa shape index (κ2) is 9.97. The van der Waals surface area contributed by atoms with E-state index in [2.05, 4.69) is 26.9 Å². The number of ether oxygens (including phenoxy) is 1. The average molecular weight is 505 g/mol. The van der Waals surface area contributed by atoms with Gasteiger partial charge in [0.2, 0.25) is 0 Å². The molecular weight excluding hydrogens is 475 g/mol. The molecule has 182 valence electrons. The molecule has 3 aromatic rings. The minimum atomic E-state index is -3.93. The molecule has 0 saturated carbocycles. The van der Waals surface area contributed by atoms with Gasteiger partial charge in [0, 0.05) is 31.0 Å². The van der Waals surface area contributed by atoms with Crippen LogP contribution in [0.25, 0.3) is 10.4 Å². The third-order valence-electron chi connectivity index (χ3n) is 6.15. The van der Waals surface area contributed by atoms with Crippen molar-refractivity contribution in [3.05, 3.63) is 53.2 Å². The predicted octanol–water partition coefficient (Wildman–Crippen LogP) is 5.30. The zero-order valence-corrected chi connectivity index (χ0v) is 21.3. The third kappa shape index (κ3) is 5.39. The second-order valence-electron chi connectivity index (χ2n) is 8.69. The Bertz CT molecular complexity index is 1290. The molecule has 1 saturated heterocycles. The zero-order chi connectivity index (χ0) is 24.5. The fraction of sp³-hybridized carbons (Fsp3) is 0.417. The Morgan fingerprint density at radius 2 is 1.88 bits per heavy atom. The summed E-state index contributed by atoms with van der Waals surface area (Å²) >= 11 is 1.49. The summed E-state index contributed by atoms with van der Waals surface area (Å²) in [6, 6.07) is 5.81. The van der Waals surface area contributed by atoms with Crippen LogP contribution in [0.4, 0.5) is 15.2 Å². The van der Waals surface area contributed by atoms with Gasteiger partial charge in [-0.2, -0.15) is 0 Å². The van der Waals surface area contributed by atoms with Gasteiger partial charge in [-0.3, -0.25) is 9.71 Å². The molecular formula is C24H29FN4O3S2. The Morgan fingerprint density at radius 3 is 2.59 bits per heavy atom. The van der Waals surface area contributed by atoms with E-state index >= 15 is 0 Å². The van der Waals surface area contributed by atoms with Gasteiger partial charge in [0.1, 0.15) is 10.7 Å². The number of aromatic nitrogens is 2. The van der Waals surface area contributed by atoms with Gasteiger partial charge in [0.05, 0.1) is 22.0 Å². The molecule has 0 radical (unpaired) electrons. The summed E-state index contributed by atoms with van der Waals surface area (Å²) < 4.78 is 47.8. The highest BCUT2D eigenvalue weighted by atomic mass is 32.2. The van der Waals surface area contributed by atoms with Crippen LogP contribution in [0.15, 0.2) is 35.4 Å². The van der Waals surface area contributed by atoms with Crippen molar-refractivity contribution in [3.8, 4) is 10.4 Å². The normalized spacial score (nSPS) is 15.8. The summed E-state index contributed by atoms with van der Waals surface area (Å²) in [6.07, 6.45) is 3.72. The molecule has 10 heteroatoms. The standard InChI is InChI=1S/C24H29FN4O3S2/c1-14-11-20(25)5-6-21(14)29-34(30,31)22-12-19(13-26-16(22)3)23-17(4)28-24(33-23)27-15(2)18-7-9-32-10-8-18/h5-6,11-13,15,18,29H,7-10H2,1-4H3,(H,27,28). The van der Waals surface area contributed by atoms with E-state index in [1.54, 1.807) is 26.1 Å². The average Bonchev–Trinajstić information content (AvgIpc) is 3.16. The fourth-order valence-electron chi connectivity index (χ4n) is 4.10. The van der Waals surface area contributed by atoms with Crippen LogP contribution in [0.3, 0.4) is 0 Å². The highest BCUT2D eigenvalue weighted by Gasteiger charge is 2.23. The van der Waals surface area contributed by atoms with Crippen LogP contribution in [0.1, 0.15) is 36.7 Å². The number of sulfonamides is 1. The molecule has 1 aromatic carbocycles. The first-order valence-corrected chi connectivity index (χ1v) is 13.5. The Labute approximate surface area is 203 Å². The van der Waals surface area contributed by atoms with Crippen LogP contribution < -0.4 is 10.0 Å². The lowest BCUT2D eigenvalue weighted by molar-refractivity contribution is 0.0622. The summed E-state index contributed by atoms with van der Waals surface area (Å²) in [5.41, 5.74) is 2.70. The van der Waals surface area contributed by atoms with Gasteiger partial charge in [-0.1, -0.05) is 11.3 Å². The van der Waals surface area contributed by atoms with E-state index in [0.29, 0.717) is 28.4 Å². The van der Waals surface area contributed by atoms with Crippen LogP contribution in [0.2, 0.25) is 0 Å². The number of aryl methyl sites for hydroxylation is 3. The van der Waals surface area contributed by atoms with E-state index in [1.807, 2.05) is 6.92 Å². The maximum absolute atomic E-state index is 13.4. The second-order valence-corrected chi connectivity index (χ2v) is 11.3. The number of hydrogen-bond acceptors (Lipinski definition) is 7. The number of halogens is 1. The molecule has 3 heterocycles. The van der Waals surface area contributed by atoms with Crippen molar-refractivity contribution in [2.24, 2.45) is 5.92 Å². The Kier molecular flexibility index (Phi) is 7.20. The van der Waals surface area contributed by atoms with Crippen LogP contribution >= 0.6 is 11.3 Å². The smallest absolute Gasteiger partial charge is 0.263 e. The lowest BCUT2D eigenvalue weighted by Gasteiger charge is -2.28. The number of nitrogens with zero attached hydrogens (tertiary/aromatic N) is 2. The molecule has 0 bridgehead atoms. The van der Waals surface area contributed by atoms with Gasteiger partial charge >= 0.3 is 0 Å². The molecule has 7 nitrogen and oxygen atoms in total. The topological polar surface area (TPSA) is 93.2 Å². The Morgan fingerprint density at radius 1 is 1.15 bits per heavy atom. The molecule has 0 spiro atoms. The summed E-state index contributed by atoms with van der Waals surface area (Å²) in [5, 5.41) is 4.31. The van der Waals surface area contributed by atoms with Crippen LogP contribution in [0.5, 0.6) is 0 Å². The number of anilines is 2. The van der Waals surface area contributed by atoms with E-state index in [4.69, 9.17) is 4.74 Å². The lowest BCUT2D eigenvalue weighted by Crippen LogP contribution is -2.30. The molecule has 2 N–H and O–H groups in total. The highest BCUT2D eigenvalue weighted by Crippen LogP contribution is 2.35. The van der Waals surface area contributed by atoms with Crippen molar-refractivity contribution in [1.82, 2.24) is 9.97 Å². The van der Waals surface area contributed by atoms with E-state index in [0.717, 1.165) is 41.8 Å². The van der Waals surface area contributed by atoms with Gasteiger partial charge in [-0.15, -0.1) is 0 Å². The lowest BCUT2D eigenvalue weighted by atomic mass is 9.93. The van der Waals surface area contributed by atoms with Crippen LogP contribution in [0, 0.1) is 32.5 Å². The maximum atomic E-state index is 13.4. The summed E-state index contributed by atoms with van der Waals surface area (Å²) in [7, 11) is -3.93. The zero-order valence-electron chi connectivity index (χ0n) is 19.7. The van der Waals surface area contributed by atoms with Crippen molar-refractivity contribution < 1.29 is 17.5 Å². The first-order valence-electron chi connectivity index (χ1n) is 11.2. The quantitative estimate of drug-likeness (QED) is 0.454. The van der Waals surface area contributed by atoms with Gasteiger partial charge in [0.25, 0.3) is 10.0 Å². The number of thiazole rings is 1. The molecule has 1 unspecified atom stereocenters. The van der Waals surface area contributed by atoms with E-state index < -0.39 is 15.8 Å². The van der Waals surface area contributed by atoms with E-state index in [-0.39, 0.29) is 10.9 Å².